The van der Waals surface area contributed by atoms with E-state index < -0.39 is 11.6 Å². The van der Waals surface area contributed by atoms with Crippen molar-refractivity contribution in [1.82, 2.24) is 0 Å². The highest BCUT2D eigenvalue weighted by Gasteiger charge is 2.09. The van der Waals surface area contributed by atoms with Crippen molar-refractivity contribution >= 4 is 29.6 Å². The van der Waals surface area contributed by atoms with E-state index in [1.54, 1.807) is 18.2 Å². The highest BCUT2D eigenvalue weighted by Crippen LogP contribution is 2.33. The third-order valence-corrected chi connectivity index (χ3v) is 3.58. The van der Waals surface area contributed by atoms with Crippen LogP contribution in [0.15, 0.2) is 46.2 Å². The molecular formula is C13H7ClF2OS. The zero-order valence-corrected chi connectivity index (χ0v) is 10.6. The lowest BCUT2D eigenvalue weighted by molar-refractivity contribution is 0.112. The molecule has 5 heteroatoms. The SMILES string of the molecule is O=Cc1ccc(Cl)cc1Sc1ccc(F)cc1F. The number of rotatable bonds is 3. The predicted octanol–water partition coefficient (Wildman–Crippen LogP) is 4.58. The van der Waals surface area contributed by atoms with Crippen molar-refractivity contribution < 1.29 is 13.6 Å². The Kier molecular flexibility index (Phi) is 3.99. The molecule has 92 valence electrons. The van der Waals surface area contributed by atoms with E-state index in [0.29, 0.717) is 21.8 Å². The Morgan fingerprint density at radius 1 is 1.06 bits per heavy atom. The Hall–Kier alpha value is -1.39. The molecule has 1 nitrogen and oxygen atoms in total. The lowest BCUT2D eigenvalue weighted by Crippen LogP contribution is -1.88. The van der Waals surface area contributed by atoms with Gasteiger partial charge >= 0.3 is 0 Å². The molecule has 2 aromatic rings. The van der Waals surface area contributed by atoms with Gasteiger partial charge in [-0.25, -0.2) is 8.78 Å². The molecule has 0 bridgehead atoms. The van der Waals surface area contributed by atoms with Crippen LogP contribution in [0.2, 0.25) is 5.02 Å². The second kappa shape index (κ2) is 5.50. The standard InChI is InChI=1S/C13H7ClF2OS/c14-9-2-1-8(7-17)13(5-9)18-12-4-3-10(15)6-11(12)16/h1-7H. The summed E-state index contributed by atoms with van der Waals surface area (Å²) in [6.07, 6.45) is 0.667. The maximum atomic E-state index is 13.5. The van der Waals surface area contributed by atoms with Crippen LogP contribution in [0.4, 0.5) is 8.78 Å². The fourth-order valence-corrected chi connectivity index (χ4v) is 2.56. The first-order valence-electron chi connectivity index (χ1n) is 4.98. The molecule has 0 aliphatic rings. The quantitative estimate of drug-likeness (QED) is 0.767. The zero-order chi connectivity index (χ0) is 13.1. The summed E-state index contributed by atoms with van der Waals surface area (Å²) in [6, 6.07) is 7.99. The Bertz CT molecular complexity index is 602. The first kappa shape index (κ1) is 13.1. The molecule has 0 N–H and O–H groups in total. The maximum Gasteiger partial charge on any atom is 0.151 e. The van der Waals surface area contributed by atoms with E-state index in [0.717, 1.165) is 23.9 Å². The Labute approximate surface area is 112 Å². The summed E-state index contributed by atoms with van der Waals surface area (Å²) in [6.45, 7) is 0. The van der Waals surface area contributed by atoms with Crippen LogP contribution in [-0.2, 0) is 0 Å². The molecule has 0 unspecified atom stereocenters. The number of hydrogen-bond acceptors (Lipinski definition) is 2. The number of halogens is 3. The first-order chi connectivity index (χ1) is 8.60. The molecule has 0 saturated heterocycles. The van der Waals surface area contributed by atoms with Gasteiger partial charge in [0.2, 0.25) is 0 Å². The van der Waals surface area contributed by atoms with Gasteiger partial charge in [-0.15, -0.1) is 0 Å². The topological polar surface area (TPSA) is 17.1 Å². The van der Waals surface area contributed by atoms with Crippen LogP contribution in [0, 0.1) is 11.6 Å². The number of aldehydes is 1. The third-order valence-electron chi connectivity index (χ3n) is 2.22. The largest absolute Gasteiger partial charge is 0.298 e. The Morgan fingerprint density at radius 2 is 1.83 bits per heavy atom. The minimum absolute atomic E-state index is 0.238. The van der Waals surface area contributed by atoms with E-state index >= 15 is 0 Å². The van der Waals surface area contributed by atoms with Gasteiger partial charge in [0.05, 0.1) is 0 Å². The van der Waals surface area contributed by atoms with Gasteiger partial charge in [-0.1, -0.05) is 23.4 Å². The summed E-state index contributed by atoms with van der Waals surface area (Å²) >= 11 is 6.85. The fraction of sp³-hybridized carbons (Fsp3) is 0. The van der Waals surface area contributed by atoms with Gasteiger partial charge in [-0.05, 0) is 30.3 Å². The number of hydrogen-bond donors (Lipinski definition) is 0. The maximum absolute atomic E-state index is 13.5. The summed E-state index contributed by atoms with van der Waals surface area (Å²) in [7, 11) is 0. The number of benzene rings is 2. The molecule has 0 aliphatic heterocycles. The van der Waals surface area contributed by atoms with Crippen molar-refractivity contribution in [2.24, 2.45) is 0 Å². The van der Waals surface area contributed by atoms with Gasteiger partial charge in [0, 0.05) is 26.4 Å². The molecule has 0 heterocycles. The fourth-order valence-electron chi connectivity index (χ4n) is 1.37. The monoisotopic (exact) mass is 284 g/mol. The van der Waals surface area contributed by atoms with Gasteiger partial charge in [0.15, 0.2) is 6.29 Å². The summed E-state index contributed by atoms with van der Waals surface area (Å²) < 4.78 is 26.3. The average Bonchev–Trinajstić information content (AvgIpc) is 2.33. The van der Waals surface area contributed by atoms with Crippen molar-refractivity contribution in [3.05, 3.63) is 58.6 Å². The first-order valence-corrected chi connectivity index (χ1v) is 6.17. The van der Waals surface area contributed by atoms with Crippen molar-refractivity contribution in [3.8, 4) is 0 Å². The van der Waals surface area contributed by atoms with Gasteiger partial charge < -0.3 is 0 Å². The molecule has 0 fully saturated rings. The third kappa shape index (κ3) is 2.89. The van der Waals surface area contributed by atoms with Gasteiger partial charge in [0.25, 0.3) is 0 Å². The lowest BCUT2D eigenvalue weighted by atomic mass is 10.2. The lowest BCUT2D eigenvalue weighted by Gasteiger charge is -2.06. The Balaban J connectivity index is 2.39. The molecule has 0 aliphatic carbocycles. The molecule has 0 spiro atoms. The molecule has 0 amide bonds. The van der Waals surface area contributed by atoms with Crippen molar-refractivity contribution in [3.63, 3.8) is 0 Å². The number of carbonyl (C=O) groups is 1. The van der Waals surface area contributed by atoms with Crippen molar-refractivity contribution in [1.29, 1.82) is 0 Å². The molecule has 2 rings (SSSR count). The van der Waals surface area contributed by atoms with Gasteiger partial charge in [0.1, 0.15) is 11.6 Å². The summed E-state index contributed by atoms with van der Waals surface area (Å²) in [4.78, 5) is 11.6. The van der Waals surface area contributed by atoms with E-state index in [9.17, 15) is 13.6 Å². The van der Waals surface area contributed by atoms with Crippen LogP contribution in [0.1, 0.15) is 10.4 Å². The van der Waals surface area contributed by atoms with Crippen LogP contribution in [0.25, 0.3) is 0 Å². The minimum atomic E-state index is -0.670. The summed E-state index contributed by atoms with van der Waals surface area (Å²) in [5, 5.41) is 0.450. The number of carbonyl (C=O) groups excluding carboxylic acids is 1. The van der Waals surface area contributed by atoms with Crippen molar-refractivity contribution in [2.75, 3.05) is 0 Å². The predicted molar refractivity (Wildman–Crippen MR) is 67.3 cm³/mol. The van der Waals surface area contributed by atoms with Crippen LogP contribution in [0.5, 0.6) is 0 Å². The second-order valence-electron chi connectivity index (χ2n) is 3.48. The average molecular weight is 285 g/mol. The van der Waals surface area contributed by atoms with Crippen LogP contribution in [-0.4, -0.2) is 6.29 Å². The van der Waals surface area contributed by atoms with Crippen molar-refractivity contribution in [2.45, 2.75) is 9.79 Å². The molecule has 0 atom stereocenters. The van der Waals surface area contributed by atoms with E-state index in [1.807, 2.05) is 0 Å². The smallest absolute Gasteiger partial charge is 0.151 e. The van der Waals surface area contributed by atoms with E-state index in [1.165, 1.54) is 6.07 Å². The van der Waals surface area contributed by atoms with E-state index in [-0.39, 0.29) is 4.90 Å². The summed E-state index contributed by atoms with van der Waals surface area (Å²) in [5.74, 6) is -1.31. The van der Waals surface area contributed by atoms with Crippen LogP contribution >= 0.6 is 23.4 Å². The second-order valence-corrected chi connectivity index (χ2v) is 5.00. The highest BCUT2D eigenvalue weighted by molar-refractivity contribution is 7.99. The van der Waals surface area contributed by atoms with Gasteiger partial charge in [-0.2, -0.15) is 0 Å². The molecule has 0 aromatic heterocycles. The molecular weight excluding hydrogens is 278 g/mol. The van der Waals surface area contributed by atoms with Crippen LogP contribution < -0.4 is 0 Å². The molecule has 0 radical (unpaired) electrons. The van der Waals surface area contributed by atoms with Gasteiger partial charge in [-0.3, -0.25) is 4.79 Å². The van der Waals surface area contributed by atoms with E-state index in [4.69, 9.17) is 11.6 Å². The van der Waals surface area contributed by atoms with Crippen LogP contribution in [0.3, 0.4) is 0 Å². The normalized spacial score (nSPS) is 10.4. The highest BCUT2D eigenvalue weighted by atomic mass is 35.5. The van der Waals surface area contributed by atoms with E-state index in [2.05, 4.69) is 0 Å². The minimum Gasteiger partial charge on any atom is -0.298 e. The summed E-state index contributed by atoms with van der Waals surface area (Å²) in [5.41, 5.74) is 0.410. The Morgan fingerprint density at radius 3 is 2.50 bits per heavy atom. The molecule has 18 heavy (non-hydrogen) atoms. The molecule has 2 aromatic carbocycles. The molecule has 0 saturated carbocycles. The zero-order valence-electron chi connectivity index (χ0n) is 8.99.